The Morgan fingerprint density at radius 3 is 2.45 bits per heavy atom. The average molecular weight is 442 g/mol. The summed E-state index contributed by atoms with van der Waals surface area (Å²) in [5.74, 6) is -0.830. The van der Waals surface area contributed by atoms with E-state index in [1.54, 1.807) is 22.8 Å². The lowest BCUT2D eigenvalue weighted by Gasteiger charge is -2.10. The van der Waals surface area contributed by atoms with Crippen LogP contribution in [0.25, 0.3) is 5.82 Å². The summed E-state index contributed by atoms with van der Waals surface area (Å²) in [6.45, 7) is 0. The summed E-state index contributed by atoms with van der Waals surface area (Å²) in [6, 6.07) is 14.1. The Labute approximate surface area is 177 Å². The van der Waals surface area contributed by atoms with Gasteiger partial charge in [-0.2, -0.15) is 0 Å². The van der Waals surface area contributed by atoms with Crippen molar-refractivity contribution in [3.8, 4) is 17.4 Å². The minimum atomic E-state index is -3.95. The zero-order valence-corrected chi connectivity index (χ0v) is 16.8. The average Bonchev–Trinajstić information content (AvgIpc) is 3.27. The molecule has 2 aromatic carbocycles. The lowest BCUT2D eigenvalue weighted by atomic mass is 10.2. The number of aromatic nitrogens is 3. The number of nitrogens with one attached hydrogen (secondary N) is 1. The summed E-state index contributed by atoms with van der Waals surface area (Å²) >= 11 is 0. The van der Waals surface area contributed by atoms with E-state index in [2.05, 4.69) is 14.7 Å². The number of benzene rings is 2. The third-order valence-electron chi connectivity index (χ3n) is 4.20. The molecule has 0 amide bonds. The molecular weight excluding hydrogens is 426 g/mol. The largest absolute Gasteiger partial charge is 0.439 e. The zero-order valence-electron chi connectivity index (χ0n) is 15.9. The van der Waals surface area contributed by atoms with Crippen molar-refractivity contribution in [1.82, 2.24) is 14.5 Å². The van der Waals surface area contributed by atoms with Gasteiger partial charge >= 0.3 is 0 Å². The van der Waals surface area contributed by atoms with E-state index in [0.717, 1.165) is 18.2 Å². The number of hydrogen-bond donors (Lipinski definition) is 1. The maximum absolute atomic E-state index is 13.7. The standard InChI is InChI=1S/C21H16F2N4O3S/c22-16-3-8-19(23)15(11-16)13-31(28,29)26-17-4-6-18(7-5-17)30-21-12-20(24-14-25-21)27-9-1-2-10-27/h1-12,14,26H,13H2. The lowest BCUT2D eigenvalue weighted by molar-refractivity contribution is 0.461. The molecule has 0 unspecified atom stereocenters. The molecule has 31 heavy (non-hydrogen) atoms. The number of sulfonamides is 1. The Morgan fingerprint density at radius 1 is 0.968 bits per heavy atom. The molecule has 0 aliphatic rings. The normalized spacial score (nSPS) is 11.3. The van der Waals surface area contributed by atoms with Crippen LogP contribution in [-0.2, 0) is 15.8 Å². The topological polar surface area (TPSA) is 86.1 Å². The van der Waals surface area contributed by atoms with Crippen molar-refractivity contribution in [2.24, 2.45) is 0 Å². The molecule has 158 valence electrons. The van der Waals surface area contributed by atoms with Crippen LogP contribution in [0.5, 0.6) is 11.6 Å². The van der Waals surface area contributed by atoms with Crippen molar-refractivity contribution in [3.05, 3.63) is 96.6 Å². The van der Waals surface area contributed by atoms with Crippen molar-refractivity contribution in [1.29, 1.82) is 0 Å². The second-order valence-electron chi connectivity index (χ2n) is 6.53. The second kappa shape index (κ2) is 8.52. The fourth-order valence-electron chi connectivity index (χ4n) is 2.80. The molecule has 4 rings (SSSR count). The molecule has 4 aromatic rings. The summed E-state index contributed by atoms with van der Waals surface area (Å²) in [5.41, 5.74) is -0.00501. The van der Waals surface area contributed by atoms with Gasteiger partial charge in [-0.3, -0.25) is 4.72 Å². The number of ether oxygens (including phenoxy) is 1. The van der Waals surface area contributed by atoms with Gasteiger partial charge in [-0.25, -0.2) is 27.2 Å². The maximum atomic E-state index is 13.7. The Bertz CT molecular complexity index is 1290. The van der Waals surface area contributed by atoms with Crippen LogP contribution in [0, 0.1) is 11.6 Å². The third kappa shape index (κ3) is 5.23. The summed E-state index contributed by atoms with van der Waals surface area (Å²) in [6.07, 6.45) is 5.05. The molecule has 2 heterocycles. The molecule has 0 radical (unpaired) electrons. The van der Waals surface area contributed by atoms with Crippen LogP contribution in [0.1, 0.15) is 5.56 Å². The number of hydrogen-bond acceptors (Lipinski definition) is 5. The monoisotopic (exact) mass is 442 g/mol. The summed E-state index contributed by atoms with van der Waals surface area (Å²) in [4.78, 5) is 8.23. The minimum Gasteiger partial charge on any atom is -0.439 e. The Balaban J connectivity index is 1.43. The molecule has 0 fully saturated rings. The Kier molecular flexibility index (Phi) is 5.63. The molecule has 0 atom stereocenters. The number of rotatable bonds is 7. The molecule has 0 aliphatic heterocycles. The van der Waals surface area contributed by atoms with Crippen LogP contribution in [0.15, 0.2) is 79.4 Å². The van der Waals surface area contributed by atoms with Crippen molar-refractivity contribution < 1.29 is 21.9 Å². The van der Waals surface area contributed by atoms with Crippen LogP contribution in [0.4, 0.5) is 14.5 Å². The van der Waals surface area contributed by atoms with E-state index < -0.39 is 27.4 Å². The molecule has 0 bridgehead atoms. The maximum Gasteiger partial charge on any atom is 0.237 e. The van der Waals surface area contributed by atoms with E-state index >= 15 is 0 Å². The zero-order chi connectivity index (χ0) is 21.8. The van der Waals surface area contributed by atoms with Crippen molar-refractivity contribution >= 4 is 15.7 Å². The fraction of sp³-hybridized carbons (Fsp3) is 0.0476. The summed E-state index contributed by atoms with van der Waals surface area (Å²) < 4.78 is 61.4. The molecule has 0 spiro atoms. The van der Waals surface area contributed by atoms with Gasteiger partial charge in [-0.05, 0) is 54.6 Å². The first-order valence-corrected chi connectivity index (χ1v) is 10.7. The highest BCUT2D eigenvalue weighted by Crippen LogP contribution is 2.23. The van der Waals surface area contributed by atoms with Crippen LogP contribution < -0.4 is 9.46 Å². The van der Waals surface area contributed by atoms with Gasteiger partial charge in [0.1, 0.15) is 29.5 Å². The molecule has 0 saturated carbocycles. The van der Waals surface area contributed by atoms with Gasteiger partial charge in [-0.1, -0.05) is 0 Å². The van der Waals surface area contributed by atoms with E-state index in [9.17, 15) is 17.2 Å². The van der Waals surface area contributed by atoms with E-state index in [4.69, 9.17) is 4.74 Å². The van der Waals surface area contributed by atoms with Gasteiger partial charge in [0.15, 0.2) is 0 Å². The van der Waals surface area contributed by atoms with Gasteiger partial charge in [-0.15, -0.1) is 0 Å². The predicted octanol–water partition coefficient (Wildman–Crippen LogP) is 4.28. The third-order valence-corrected chi connectivity index (χ3v) is 5.44. The smallest absolute Gasteiger partial charge is 0.237 e. The fourth-order valence-corrected chi connectivity index (χ4v) is 4.00. The van der Waals surface area contributed by atoms with E-state index in [0.29, 0.717) is 17.4 Å². The second-order valence-corrected chi connectivity index (χ2v) is 8.25. The lowest BCUT2D eigenvalue weighted by Crippen LogP contribution is -2.16. The highest BCUT2D eigenvalue weighted by Gasteiger charge is 2.16. The van der Waals surface area contributed by atoms with Gasteiger partial charge < -0.3 is 9.30 Å². The predicted molar refractivity (Wildman–Crippen MR) is 110 cm³/mol. The quantitative estimate of drug-likeness (QED) is 0.462. The minimum absolute atomic E-state index is 0.250. The van der Waals surface area contributed by atoms with Gasteiger partial charge in [0.25, 0.3) is 0 Å². The summed E-state index contributed by atoms with van der Waals surface area (Å²) in [7, 11) is -3.95. The number of nitrogens with zero attached hydrogens (tertiary/aromatic N) is 3. The van der Waals surface area contributed by atoms with E-state index in [1.807, 2.05) is 24.5 Å². The Hall–Kier alpha value is -3.79. The van der Waals surface area contributed by atoms with Crippen LogP contribution >= 0.6 is 0 Å². The van der Waals surface area contributed by atoms with Crippen molar-refractivity contribution in [2.75, 3.05) is 4.72 Å². The van der Waals surface area contributed by atoms with Gasteiger partial charge in [0, 0.05) is 29.7 Å². The highest BCUT2D eigenvalue weighted by molar-refractivity contribution is 7.91. The van der Waals surface area contributed by atoms with Crippen molar-refractivity contribution in [3.63, 3.8) is 0 Å². The SMILES string of the molecule is O=S(=O)(Cc1cc(F)ccc1F)Nc1ccc(Oc2cc(-n3cccc3)ncn2)cc1. The molecule has 2 aromatic heterocycles. The first kappa shape index (κ1) is 20.5. The highest BCUT2D eigenvalue weighted by atomic mass is 32.2. The molecular formula is C21H16F2N4O3S. The summed E-state index contributed by atoms with van der Waals surface area (Å²) in [5, 5.41) is 0. The van der Waals surface area contributed by atoms with Crippen LogP contribution in [-0.4, -0.2) is 23.0 Å². The van der Waals surface area contributed by atoms with E-state index in [-0.39, 0.29) is 11.3 Å². The molecule has 0 aliphatic carbocycles. The Morgan fingerprint density at radius 2 is 1.71 bits per heavy atom. The van der Waals surface area contributed by atoms with Crippen LogP contribution in [0.2, 0.25) is 0 Å². The molecule has 0 saturated heterocycles. The first-order valence-electron chi connectivity index (χ1n) is 9.06. The first-order chi connectivity index (χ1) is 14.9. The molecule has 1 N–H and O–H groups in total. The molecule has 10 heteroatoms. The van der Waals surface area contributed by atoms with Crippen LogP contribution in [0.3, 0.4) is 0 Å². The molecule has 7 nitrogen and oxygen atoms in total. The number of halogens is 2. The van der Waals surface area contributed by atoms with Gasteiger partial charge in [0.2, 0.25) is 15.9 Å². The van der Waals surface area contributed by atoms with Crippen molar-refractivity contribution in [2.45, 2.75) is 5.75 Å². The van der Waals surface area contributed by atoms with E-state index in [1.165, 1.54) is 18.5 Å². The van der Waals surface area contributed by atoms with Gasteiger partial charge in [0.05, 0.1) is 5.75 Å². The number of anilines is 1.